The van der Waals surface area contributed by atoms with Crippen LogP contribution in [0.15, 0.2) is 42.6 Å². The second-order valence-electron chi connectivity index (χ2n) is 10.1. The third-order valence-electron chi connectivity index (χ3n) is 7.46. The van der Waals surface area contributed by atoms with Crippen molar-refractivity contribution in [2.45, 2.75) is 46.0 Å². The standard InChI is InChI=1S/C29H25F6N5O2/c1-4-17-5-7-18(8-6-17)24-15(2)25(29(33,34)35)40-26(37-24)21(13-36-40)28(42)39-10-9-38(27(41)16(39)3)14-19-11-20(30)12-22(31)23(19)32/h5-8,11-13,16H,4,9-10,14H2,1-3H3/t16-/m1/s1. The molecule has 4 aromatic rings. The first-order valence-electron chi connectivity index (χ1n) is 13.1. The van der Waals surface area contributed by atoms with Crippen molar-refractivity contribution in [1.29, 1.82) is 0 Å². The largest absolute Gasteiger partial charge is 0.433 e. The fourth-order valence-corrected chi connectivity index (χ4v) is 5.19. The van der Waals surface area contributed by atoms with Crippen LogP contribution in [0.5, 0.6) is 0 Å². The molecular weight excluding hydrogens is 564 g/mol. The lowest BCUT2D eigenvalue weighted by molar-refractivity contribution is -0.143. The molecule has 3 heterocycles. The van der Waals surface area contributed by atoms with E-state index in [1.807, 2.05) is 6.92 Å². The SMILES string of the molecule is CCc1ccc(-c2nc3c(C(=O)N4CCN(Cc5cc(F)cc(F)c5F)C(=O)[C@H]4C)cnn3c(C(F)(F)F)c2C)cc1. The van der Waals surface area contributed by atoms with Crippen LogP contribution in [0.1, 0.15) is 46.6 Å². The van der Waals surface area contributed by atoms with E-state index >= 15 is 0 Å². The number of alkyl halides is 3. The van der Waals surface area contributed by atoms with Gasteiger partial charge in [-0.25, -0.2) is 22.7 Å². The van der Waals surface area contributed by atoms with E-state index in [1.165, 1.54) is 13.8 Å². The van der Waals surface area contributed by atoms with Gasteiger partial charge >= 0.3 is 6.18 Å². The van der Waals surface area contributed by atoms with Gasteiger partial charge < -0.3 is 9.80 Å². The number of benzene rings is 2. The van der Waals surface area contributed by atoms with E-state index in [0.717, 1.165) is 34.0 Å². The van der Waals surface area contributed by atoms with Crippen molar-refractivity contribution >= 4 is 17.5 Å². The Bertz CT molecular complexity index is 1700. The summed E-state index contributed by atoms with van der Waals surface area (Å²) in [6.45, 7) is 4.02. The molecule has 2 aromatic heterocycles. The summed E-state index contributed by atoms with van der Waals surface area (Å²) < 4.78 is 84.9. The smallest absolute Gasteiger partial charge is 0.335 e. The van der Waals surface area contributed by atoms with Crippen molar-refractivity contribution in [3.8, 4) is 11.3 Å². The van der Waals surface area contributed by atoms with E-state index in [9.17, 15) is 35.9 Å². The fourth-order valence-electron chi connectivity index (χ4n) is 5.19. The molecule has 2 aromatic carbocycles. The average molecular weight is 590 g/mol. The molecule has 42 heavy (non-hydrogen) atoms. The predicted molar refractivity (Wildman–Crippen MR) is 140 cm³/mol. The van der Waals surface area contributed by atoms with Crippen molar-refractivity contribution in [3.05, 3.63) is 88.0 Å². The van der Waals surface area contributed by atoms with E-state index in [1.54, 1.807) is 24.3 Å². The van der Waals surface area contributed by atoms with Crippen molar-refractivity contribution in [1.82, 2.24) is 24.4 Å². The molecule has 1 aliphatic rings. The average Bonchev–Trinajstić information content (AvgIpc) is 3.35. The zero-order valence-corrected chi connectivity index (χ0v) is 22.8. The number of carbonyl (C=O) groups excluding carboxylic acids is 2. The molecule has 0 spiro atoms. The first-order chi connectivity index (χ1) is 19.8. The summed E-state index contributed by atoms with van der Waals surface area (Å²) in [6, 6.07) is 6.95. The predicted octanol–water partition coefficient (Wildman–Crippen LogP) is 5.58. The van der Waals surface area contributed by atoms with Crippen molar-refractivity contribution in [2.75, 3.05) is 13.1 Å². The second kappa shape index (κ2) is 10.8. The van der Waals surface area contributed by atoms with Gasteiger partial charge in [-0.3, -0.25) is 9.59 Å². The van der Waals surface area contributed by atoms with Gasteiger partial charge in [-0.15, -0.1) is 0 Å². The number of carbonyl (C=O) groups is 2. The number of hydrogen-bond acceptors (Lipinski definition) is 4. The summed E-state index contributed by atoms with van der Waals surface area (Å²) in [7, 11) is 0. The van der Waals surface area contributed by atoms with Crippen molar-refractivity contribution in [3.63, 3.8) is 0 Å². The summed E-state index contributed by atoms with van der Waals surface area (Å²) >= 11 is 0. The van der Waals surface area contributed by atoms with Crippen LogP contribution in [0.3, 0.4) is 0 Å². The molecule has 0 unspecified atom stereocenters. The third kappa shape index (κ3) is 5.07. The lowest BCUT2D eigenvalue weighted by Gasteiger charge is -2.39. The van der Waals surface area contributed by atoms with Gasteiger partial charge in [0.25, 0.3) is 5.91 Å². The molecule has 0 radical (unpaired) electrons. The van der Waals surface area contributed by atoms with Crippen LogP contribution in [0, 0.1) is 24.4 Å². The van der Waals surface area contributed by atoms with Gasteiger partial charge in [-0.1, -0.05) is 31.2 Å². The Labute approximate surface area is 236 Å². The van der Waals surface area contributed by atoms with Crippen LogP contribution in [0.2, 0.25) is 0 Å². The summed E-state index contributed by atoms with van der Waals surface area (Å²) in [5.74, 6) is -5.09. The van der Waals surface area contributed by atoms with Gasteiger partial charge in [0.15, 0.2) is 23.0 Å². The van der Waals surface area contributed by atoms with E-state index in [-0.39, 0.29) is 41.1 Å². The Morgan fingerprint density at radius 3 is 2.40 bits per heavy atom. The molecule has 2 amide bonds. The minimum atomic E-state index is -4.82. The monoisotopic (exact) mass is 589 g/mol. The molecule has 0 N–H and O–H groups in total. The molecule has 220 valence electrons. The number of fused-ring (bicyclic) bond motifs is 1. The Morgan fingerprint density at radius 2 is 1.76 bits per heavy atom. The highest BCUT2D eigenvalue weighted by molar-refractivity contribution is 6.02. The number of aryl methyl sites for hydroxylation is 1. The topological polar surface area (TPSA) is 70.8 Å². The van der Waals surface area contributed by atoms with Gasteiger partial charge in [-0.05, 0) is 31.9 Å². The number of amides is 2. The Kier molecular flexibility index (Phi) is 7.46. The molecule has 13 heteroatoms. The maximum atomic E-state index is 14.3. The zero-order chi connectivity index (χ0) is 30.5. The molecule has 1 aliphatic heterocycles. The van der Waals surface area contributed by atoms with Gasteiger partial charge in [0.05, 0.1) is 11.9 Å². The van der Waals surface area contributed by atoms with Crippen molar-refractivity contribution < 1.29 is 35.9 Å². The number of rotatable bonds is 5. The van der Waals surface area contributed by atoms with Crippen LogP contribution in [-0.4, -0.2) is 55.3 Å². The molecular formula is C29H25F6N5O2. The normalized spacial score (nSPS) is 16.0. The second-order valence-corrected chi connectivity index (χ2v) is 10.1. The summed E-state index contributed by atoms with van der Waals surface area (Å²) in [4.78, 5) is 33.5. The van der Waals surface area contributed by atoms with Crippen LogP contribution in [0.4, 0.5) is 26.3 Å². The summed E-state index contributed by atoms with van der Waals surface area (Å²) in [5, 5.41) is 3.84. The zero-order valence-electron chi connectivity index (χ0n) is 22.8. The molecule has 1 atom stereocenters. The molecule has 5 rings (SSSR count). The van der Waals surface area contributed by atoms with E-state index in [4.69, 9.17) is 0 Å². The first kappa shape index (κ1) is 29.1. The molecule has 0 aliphatic carbocycles. The van der Waals surface area contributed by atoms with E-state index < -0.39 is 53.7 Å². The molecule has 1 saturated heterocycles. The van der Waals surface area contributed by atoms with Crippen LogP contribution < -0.4 is 0 Å². The molecule has 7 nitrogen and oxygen atoms in total. The van der Waals surface area contributed by atoms with Gasteiger partial charge in [-0.2, -0.15) is 18.3 Å². The minimum absolute atomic E-state index is 0.0327. The Morgan fingerprint density at radius 1 is 1.07 bits per heavy atom. The molecule has 1 fully saturated rings. The number of halogens is 6. The highest BCUT2D eigenvalue weighted by Gasteiger charge is 2.40. The lowest BCUT2D eigenvalue weighted by Crippen LogP contribution is -2.57. The fraction of sp³-hybridized carbons (Fsp3) is 0.310. The van der Waals surface area contributed by atoms with Crippen LogP contribution in [0.25, 0.3) is 16.9 Å². The van der Waals surface area contributed by atoms with Crippen LogP contribution >= 0.6 is 0 Å². The maximum absolute atomic E-state index is 14.3. The number of hydrogen-bond donors (Lipinski definition) is 0. The molecule has 0 saturated carbocycles. The third-order valence-corrected chi connectivity index (χ3v) is 7.46. The summed E-state index contributed by atoms with van der Waals surface area (Å²) in [5.41, 5.74) is -0.740. The highest BCUT2D eigenvalue weighted by Crippen LogP contribution is 2.37. The quantitative estimate of drug-likeness (QED) is 0.225. The first-order valence-corrected chi connectivity index (χ1v) is 13.1. The Hall–Kier alpha value is -4.42. The van der Waals surface area contributed by atoms with Crippen LogP contribution in [-0.2, 0) is 23.9 Å². The lowest BCUT2D eigenvalue weighted by atomic mass is 10.0. The Balaban J connectivity index is 1.50. The van der Waals surface area contributed by atoms with Gasteiger partial charge in [0.1, 0.15) is 17.4 Å². The number of piperazine rings is 1. The molecule has 0 bridgehead atoms. The van der Waals surface area contributed by atoms with Crippen molar-refractivity contribution in [2.24, 2.45) is 0 Å². The highest BCUT2D eigenvalue weighted by atomic mass is 19.4. The van der Waals surface area contributed by atoms with Gasteiger partial charge in [0, 0.05) is 42.4 Å². The maximum Gasteiger partial charge on any atom is 0.433 e. The van der Waals surface area contributed by atoms with E-state index in [2.05, 4.69) is 10.1 Å². The number of nitrogens with zero attached hydrogens (tertiary/aromatic N) is 5. The minimum Gasteiger partial charge on any atom is -0.335 e. The summed E-state index contributed by atoms with van der Waals surface area (Å²) in [6.07, 6.45) is -3.10. The van der Waals surface area contributed by atoms with E-state index in [0.29, 0.717) is 16.1 Å². The van der Waals surface area contributed by atoms with Gasteiger partial charge in [0.2, 0.25) is 5.91 Å². The number of aromatic nitrogens is 3.